The second kappa shape index (κ2) is 5.44. The molecule has 114 valence electrons. The Morgan fingerprint density at radius 3 is 3.18 bits per heavy atom. The maximum atomic E-state index is 12.0. The molecular formula is C16H18N4O2. The summed E-state index contributed by atoms with van der Waals surface area (Å²) in [6, 6.07) is 3.53. The van der Waals surface area contributed by atoms with E-state index in [-0.39, 0.29) is 11.9 Å². The molecule has 2 aromatic rings. The number of hydrogen-bond acceptors (Lipinski definition) is 5. The van der Waals surface area contributed by atoms with Gasteiger partial charge in [0.2, 0.25) is 0 Å². The van der Waals surface area contributed by atoms with Gasteiger partial charge in [0.05, 0.1) is 6.26 Å². The van der Waals surface area contributed by atoms with Crippen LogP contribution in [0.2, 0.25) is 0 Å². The third-order valence-electron chi connectivity index (χ3n) is 4.42. The number of amides is 1. The van der Waals surface area contributed by atoms with E-state index in [0.29, 0.717) is 5.76 Å². The molecule has 2 aliphatic rings. The van der Waals surface area contributed by atoms with Gasteiger partial charge in [0.1, 0.15) is 12.1 Å². The first kappa shape index (κ1) is 13.3. The quantitative estimate of drug-likeness (QED) is 0.931. The van der Waals surface area contributed by atoms with Gasteiger partial charge in [-0.3, -0.25) is 4.79 Å². The average molecular weight is 298 g/mol. The highest BCUT2D eigenvalue weighted by molar-refractivity contribution is 5.91. The van der Waals surface area contributed by atoms with Gasteiger partial charge in [-0.05, 0) is 37.8 Å². The van der Waals surface area contributed by atoms with Crippen molar-refractivity contribution >= 4 is 11.7 Å². The van der Waals surface area contributed by atoms with Crippen LogP contribution in [-0.4, -0.2) is 35.0 Å². The molecule has 1 amide bonds. The Morgan fingerprint density at radius 2 is 2.32 bits per heavy atom. The van der Waals surface area contributed by atoms with Crippen molar-refractivity contribution in [2.75, 3.05) is 18.0 Å². The van der Waals surface area contributed by atoms with E-state index >= 15 is 0 Å². The minimum Gasteiger partial charge on any atom is -0.459 e. The van der Waals surface area contributed by atoms with Gasteiger partial charge in [-0.1, -0.05) is 0 Å². The van der Waals surface area contributed by atoms with Gasteiger partial charge in [-0.15, -0.1) is 0 Å². The van der Waals surface area contributed by atoms with Crippen LogP contribution in [0.15, 0.2) is 29.1 Å². The van der Waals surface area contributed by atoms with E-state index in [1.807, 2.05) is 0 Å². The molecule has 0 aromatic carbocycles. The first-order valence-corrected chi connectivity index (χ1v) is 7.73. The second-order valence-corrected chi connectivity index (χ2v) is 5.86. The van der Waals surface area contributed by atoms with Gasteiger partial charge in [-0.25, -0.2) is 9.97 Å². The Labute approximate surface area is 128 Å². The van der Waals surface area contributed by atoms with Gasteiger partial charge in [0.15, 0.2) is 5.76 Å². The lowest BCUT2D eigenvalue weighted by atomic mass is 10.2. The molecule has 1 fully saturated rings. The van der Waals surface area contributed by atoms with Crippen LogP contribution in [0.1, 0.15) is 34.7 Å². The molecule has 22 heavy (non-hydrogen) atoms. The van der Waals surface area contributed by atoms with Gasteiger partial charge >= 0.3 is 0 Å². The molecule has 6 heteroatoms. The SMILES string of the molecule is O=C(N[C@@H]1CCN(c2ncnc3c2CCC3)C1)c1ccco1. The molecule has 4 rings (SSSR count). The normalized spacial score (nSPS) is 20.2. The molecule has 0 saturated carbocycles. The number of nitrogens with zero attached hydrogens (tertiary/aromatic N) is 3. The highest BCUT2D eigenvalue weighted by Crippen LogP contribution is 2.29. The van der Waals surface area contributed by atoms with Crippen molar-refractivity contribution in [3.05, 3.63) is 41.7 Å². The van der Waals surface area contributed by atoms with Crippen molar-refractivity contribution in [3.63, 3.8) is 0 Å². The van der Waals surface area contributed by atoms with Crippen LogP contribution in [0.4, 0.5) is 5.82 Å². The first-order chi connectivity index (χ1) is 10.8. The molecule has 1 N–H and O–H groups in total. The maximum Gasteiger partial charge on any atom is 0.287 e. The van der Waals surface area contributed by atoms with Gasteiger partial charge < -0.3 is 14.6 Å². The van der Waals surface area contributed by atoms with Gasteiger partial charge in [0, 0.05) is 30.4 Å². The number of furan rings is 1. The number of hydrogen-bond donors (Lipinski definition) is 1. The van der Waals surface area contributed by atoms with Crippen LogP contribution in [0.5, 0.6) is 0 Å². The van der Waals surface area contributed by atoms with Crippen molar-refractivity contribution in [2.24, 2.45) is 0 Å². The zero-order valence-electron chi connectivity index (χ0n) is 12.3. The fourth-order valence-corrected chi connectivity index (χ4v) is 3.35. The summed E-state index contributed by atoms with van der Waals surface area (Å²) < 4.78 is 5.13. The smallest absolute Gasteiger partial charge is 0.287 e. The molecule has 0 bridgehead atoms. The number of aryl methyl sites for hydroxylation is 1. The van der Waals surface area contributed by atoms with Crippen molar-refractivity contribution in [2.45, 2.75) is 31.7 Å². The summed E-state index contributed by atoms with van der Waals surface area (Å²) in [4.78, 5) is 23.2. The van der Waals surface area contributed by atoms with Crippen molar-refractivity contribution in [3.8, 4) is 0 Å². The molecule has 1 aliphatic carbocycles. The molecule has 3 heterocycles. The van der Waals surface area contributed by atoms with Crippen molar-refractivity contribution in [1.29, 1.82) is 0 Å². The minimum absolute atomic E-state index is 0.129. The third-order valence-corrected chi connectivity index (χ3v) is 4.42. The lowest BCUT2D eigenvalue weighted by Crippen LogP contribution is -2.37. The fraction of sp³-hybridized carbons (Fsp3) is 0.438. The van der Waals surface area contributed by atoms with E-state index in [2.05, 4.69) is 20.2 Å². The highest BCUT2D eigenvalue weighted by atomic mass is 16.3. The lowest BCUT2D eigenvalue weighted by Gasteiger charge is -2.20. The predicted octanol–water partition coefficient (Wildman–Crippen LogP) is 1.57. The van der Waals surface area contributed by atoms with E-state index in [0.717, 1.165) is 44.6 Å². The van der Waals surface area contributed by atoms with Gasteiger partial charge in [0.25, 0.3) is 5.91 Å². The number of fused-ring (bicyclic) bond motifs is 1. The summed E-state index contributed by atoms with van der Waals surface area (Å²) in [6.07, 6.45) is 7.37. The Balaban J connectivity index is 1.45. The van der Waals surface area contributed by atoms with Crippen LogP contribution in [-0.2, 0) is 12.8 Å². The molecule has 1 atom stereocenters. The van der Waals surface area contributed by atoms with E-state index in [4.69, 9.17) is 4.42 Å². The van der Waals surface area contributed by atoms with E-state index in [1.54, 1.807) is 18.5 Å². The number of aromatic nitrogens is 2. The van der Waals surface area contributed by atoms with E-state index < -0.39 is 0 Å². The molecule has 1 saturated heterocycles. The van der Waals surface area contributed by atoms with Crippen LogP contribution >= 0.6 is 0 Å². The topological polar surface area (TPSA) is 71.3 Å². The maximum absolute atomic E-state index is 12.0. The third kappa shape index (κ3) is 2.34. The summed E-state index contributed by atoms with van der Waals surface area (Å²) in [6.45, 7) is 1.70. The predicted molar refractivity (Wildman–Crippen MR) is 80.8 cm³/mol. The lowest BCUT2D eigenvalue weighted by molar-refractivity contribution is 0.0912. The monoisotopic (exact) mass is 298 g/mol. The Bertz CT molecular complexity index is 683. The number of carbonyl (C=O) groups is 1. The molecule has 6 nitrogen and oxygen atoms in total. The average Bonchev–Trinajstić information content (AvgIpc) is 3.27. The first-order valence-electron chi connectivity index (χ1n) is 7.73. The number of rotatable bonds is 3. The molecule has 2 aromatic heterocycles. The Hall–Kier alpha value is -2.37. The summed E-state index contributed by atoms with van der Waals surface area (Å²) in [5, 5.41) is 3.03. The Kier molecular flexibility index (Phi) is 3.29. The summed E-state index contributed by atoms with van der Waals surface area (Å²) in [7, 11) is 0. The number of anilines is 1. The largest absolute Gasteiger partial charge is 0.459 e. The van der Waals surface area contributed by atoms with E-state index in [9.17, 15) is 4.79 Å². The van der Waals surface area contributed by atoms with Crippen LogP contribution in [0, 0.1) is 0 Å². The second-order valence-electron chi connectivity index (χ2n) is 5.86. The van der Waals surface area contributed by atoms with Crippen molar-refractivity contribution < 1.29 is 9.21 Å². The zero-order valence-corrected chi connectivity index (χ0v) is 12.3. The summed E-state index contributed by atoms with van der Waals surface area (Å²) in [5.41, 5.74) is 2.48. The molecular weight excluding hydrogens is 280 g/mol. The standard InChI is InChI=1S/C16H18N4O2/c21-16(14-5-2-8-22-14)19-11-6-7-20(9-11)15-12-3-1-4-13(12)17-10-18-15/h2,5,8,10-11H,1,3-4,6-7,9H2,(H,19,21)/t11-/m1/s1. The fourth-order valence-electron chi connectivity index (χ4n) is 3.35. The molecule has 0 unspecified atom stereocenters. The molecule has 0 radical (unpaired) electrons. The molecule has 1 aliphatic heterocycles. The van der Waals surface area contributed by atoms with Crippen LogP contribution < -0.4 is 10.2 Å². The number of nitrogens with one attached hydrogen (secondary N) is 1. The summed E-state index contributed by atoms with van der Waals surface area (Å²) in [5.74, 6) is 1.27. The van der Waals surface area contributed by atoms with E-state index in [1.165, 1.54) is 17.5 Å². The summed E-state index contributed by atoms with van der Waals surface area (Å²) >= 11 is 0. The number of carbonyl (C=O) groups excluding carboxylic acids is 1. The minimum atomic E-state index is -0.148. The van der Waals surface area contributed by atoms with Crippen LogP contribution in [0.25, 0.3) is 0 Å². The zero-order chi connectivity index (χ0) is 14.9. The van der Waals surface area contributed by atoms with Crippen LogP contribution in [0.3, 0.4) is 0 Å². The Morgan fingerprint density at radius 1 is 1.36 bits per heavy atom. The van der Waals surface area contributed by atoms with Crippen molar-refractivity contribution in [1.82, 2.24) is 15.3 Å². The van der Waals surface area contributed by atoms with Gasteiger partial charge in [-0.2, -0.15) is 0 Å². The molecule has 0 spiro atoms. The highest BCUT2D eigenvalue weighted by Gasteiger charge is 2.29.